The number of aliphatic imine (C=N–C) groups is 1. The maximum absolute atomic E-state index is 12.8. The summed E-state index contributed by atoms with van der Waals surface area (Å²) in [6.45, 7) is 0.642. The van der Waals surface area contributed by atoms with Crippen LogP contribution in [0.3, 0.4) is 0 Å². The van der Waals surface area contributed by atoms with Gasteiger partial charge in [-0.3, -0.25) is 4.99 Å². The summed E-state index contributed by atoms with van der Waals surface area (Å²) in [4.78, 5) is 7.64. The van der Waals surface area contributed by atoms with Crippen LogP contribution in [0.15, 0.2) is 17.3 Å². The standard InChI is InChI=1S/C13H9F6N3/c14-12(15,16)4-9-8-3-7(13(17,18)19)5-21-11(8)22-2-1-20-6-10(9)22/h3,5-6H,1-2,4H2. The van der Waals surface area contributed by atoms with Crippen molar-refractivity contribution >= 4 is 17.2 Å². The Morgan fingerprint density at radius 3 is 2.50 bits per heavy atom. The third kappa shape index (κ3) is 2.55. The van der Waals surface area contributed by atoms with Crippen molar-refractivity contribution in [3.05, 3.63) is 29.1 Å². The van der Waals surface area contributed by atoms with Gasteiger partial charge < -0.3 is 4.57 Å². The molecule has 3 nitrogen and oxygen atoms in total. The fourth-order valence-corrected chi connectivity index (χ4v) is 2.53. The van der Waals surface area contributed by atoms with Gasteiger partial charge >= 0.3 is 12.4 Å². The van der Waals surface area contributed by atoms with Crippen LogP contribution in [0.25, 0.3) is 11.0 Å². The van der Waals surface area contributed by atoms with Gasteiger partial charge in [-0.15, -0.1) is 0 Å². The van der Waals surface area contributed by atoms with Gasteiger partial charge in [0.25, 0.3) is 0 Å². The monoisotopic (exact) mass is 321 g/mol. The molecule has 118 valence electrons. The number of rotatable bonds is 1. The second-order valence-electron chi connectivity index (χ2n) is 4.94. The normalized spacial score (nSPS) is 15.4. The Morgan fingerprint density at radius 1 is 1.14 bits per heavy atom. The van der Waals surface area contributed by atoms with Crippen LogP contribution in [0.5, 0.6) is 0 Å². The lowest BCUT2D eigenvalue weighted by Gasteiger charge is -2.12. The van der Waals surface area contributed by atoms with E-state index in [9.17, 15) is 26.3 Å². The SMILES string of the molecule is FC(F)(F)Cc1c2n(c3ncc(C(F)(F)F)cc13)CCN=C2. The highest BCUT2D eigenvalue weighted by molar-refractivity contribution is 5.94. The largest absolute Gasteiger partial charge is 0.417 e. The van der Waals surface area contributed by atoms with Crippen molar-refractivity contribution in [2.45, 2.75) is 25.3 Å². The Labute approximate surface area is 120 Å². The third-order valence-electron chi connectivity index (χ3n) is 3.42. The quantitative estimate of drug-likeness (QED) is 0.738. The Morgan fingerprint density at radius 2 is 1.86 bits per heavy atom. The number of fused-ring (bicyclic) bond motifs is 3. The highest BCUT2D eigenvalue weighted by atomic mass is 19.4. The molecule has 0 amide bonds. The molecule has 0 aromatic carbocycles. The van der Waals surface area contributed by atoms with Gasteiger partial charge in [-0.05, 0) is 11.6 Å². The smallest absolute Gasteiger partial charge is 0.322 e. The van der Waals surface area contributed by atoms with E-state index in [0.717, 1.165) is 6.07 Å². The molecule has 2 aromatic heterocycles. The van der Waals surface area contributed by atoms with Gasteiger partial charge in [0.1, 0.15) is 5.65 Å². The molecule has 0 radical (unpaired) electrons. The maximum Gasteiger partial charge on any atom is 0.417 e. The molecule has 1 aliphatic rings. The van der Waals surface area contributed by atoms with Crippen LogP contribution in [0, 0.1) is 0 Å². The first-order chi connectivity index (χ1) is 10.2. The molecule has 0 bridgehead atoms. The minimum Gasteiger partial charge on any atom is -0.322 e. The zero-order chi connectivity index (χ0) is 16.1. The summed E-state index contributed by atoms with van der Waals surface area (Å²) in [5.41, 5.74) is -0.994. The predicted octanol–water partition coefficient (Wildman–Crippen LogP) is 3.59. The molecular formula is C13H9F6N3. The number of pyridine rings is 1. The number of aromatic nitrogens is 2. The number of hydrogen-bond acceptors (Lipinski definition) is 2. The van der Waals surface area contributed by atoms with E-state index in [4.69, 9.17) is 0 Å². The number of nitrogens with zero attached hydrogens (tertiary/aromatic N) is 3. The molecule has 0 atom stereocenters. The number of alkyl halides is 6. The number of halogens is 6. The Bertz CT molecular complexity index is 754. The molecule has 0 saturated carbocycles. The molecule has 9 heteroatoms. The summed E-state index contributed by atoms with van der Waals surface area (Å²) in [6.07, 6.45) is -8.61. The molecule has 22 heavy (non-hydrogen) atoms. The van der Waals surface area contributed by atoms with E-state index in [1.807, 2.05) is 0 Å². The summed E-state index contributed by atoms with van der Waals surface area (Å²) >= 11 is 0. The Kier molecular flexibility index (Phi) is 3.19. The first-order valence-electron chi connectivity index (χ1n) is 6.32. The topological polar surface area (TPSA) is 30.2 Å². The third-order valence-corrected chi connectivity index (χ3v) is 3.42. The second kappa shape index (κ2) is 4.72. The first-order valence-corrected chi connectivity index (χ1v) is 6.32. The lowest BCUT2D eigenvalue weighted by atomic mass is 10.1. The molecule has 0 aliphatic carbocycles. The van der Waals surface area contributed by atoms with Crippen LogP contribution >= 0.6 is 0 Å². The first kappa shape index (κ1) is 14.9. The van der Waals surface area contributed by atoms with Gasteiger partial charge in [0.15, 0.2) is 0 Å². The lowest BCUT2D eigenvalue weighted by molar-refractivity contribution is -0.137. The Balaban J connectivity index is 2.27. The van der Waals surface area contributed by atoms with Crippen molar-refractivity contribution in [3.63, 3.8) is 0 Å². The van der Waals surface area contributed by atoms with Crippen LogP contribution in [0.1, 0.15) is 16.8 Å². The van der Waals surface area contributed by atoms with Crippen LogP contribution in [0.2, 0.25) is 0 Å². The van der Waals surface area contributed by atoms with E-state index in [1.165, 1.54) is 10.8 Å². The van der Waals surface area contributed by atoms with Gasteiger partial charge in [-0.2, -0.15) is 26.3 Å². The molecule has 0 unspecified atom stereocenters. The van der Waals surface area contributed by atoms with Gasteiger partial charge in [0.2, 0.25) is 0 Å². The van der Waals surface area contributed by atoms with E-state index < -0.39 is 24.3 Å². The highest BCUT2D eigenvalue weighted by Crippen LogP contribution is 2.35. The minimum atomic E-state index is -4.66. The summed E-state index contributed by atoms with van der Waals surface area (Å²) in [5.74, 6) is 0. The van der Waals surface area contributed by atoms with Gasteiger partial charge in [0, 0.05) is 24.3 Å². The molecular weight excluding hydrogens is 312 g/mol. The maximum atomic E-state index is 12.8. The number of hydrogen-bond donors (Lipinski definition) is 0. The van der Waals surface area contributed by atoms with Gasteiger partial charge in [-0.1, -0.05) is 0 Å². The zero-order valence-electron chi connectivity index (χ0n) is 11.0. The van der Waals surface area contributed by atoms with E-state index >= 15 is 0 Å². The van der Waals surface area contributed by atoms with E-state index in [2.05, 4.69) is 9.98 Å². The van der Waals surface area contributed by atoms with Crippen LogP contribution < -0.4 is 0 Å². The van der Waals surface area contributed by atoms with Crippen molar-refractivity contribution in [2.75, 3.05) is 6.54 Å². The summed E-state index contributed by atoms with van der Waals surface area (Å²) in [5, 5.41) is -0.129. The van der Waals surface area contributed by atoms with Crippen LogP contribution in [-0.2, 0) is 19.1 Å². The molecule has 1 aliphatic heterocycles. The van der Waals surface area contributed by atoms with E-state index in [-0.39, 0.29) is 22.3 Å². The fraction of sp³-hybridized carbons (Fsp3) is 0.385. The average molecular weight is 321 g/mol. The fourth-order valence-electron chi connectivity index (χ4n) is 2.53. The van der Waals surface area contributed by atoms with Gasteiger partial charge in [0.05, 0.1) is 24.2 Å². The van der Waals surface area contributed by atoms with Gasteiger partial charge in [-0.25, -0.2) is 4.98 Å². The summed E-state index contributed by atoms with van der Waals surface area (Å²) in [7, 11) is 0. The second-order valence-corrected chi connectivity index (χ2v) is 4.94. The molecule has 0 saturated heterocycles. The molecule has 3 heterocycles. The van der Waals surface area contributed by atoms with Crippen molar-refractivity contribution in [1.29, 1.82) is 0 Å². The van der Waals surface area contributed by atoms with Crippen molar-refractivity contribution in [1.82, 2.24) is 9.55 Å². The Hall–Kier alpha value is -2.06. The highest BCUT2D eigenvalue weighted by Gasteiger charge is 2.35. The molecule has 0 spiro atoms. The van der Waals surface area contributed by atoms with Crippen molar-refractivity contribution in [2.24, 2.45) is 4.99 Å². The molecule has 3 rings (SSSR count). The van der Waals surface area contributed by atoms with E-state index in [1.54, 1.807) is 0 Å². The summed E-state index contributed by atoms with van der Waals surface area (Å²) in [6, 6.07) is 0.725. The van der Waals surface area contributed by atoms with Crippen LogP contribution in [0.4, 0.5) is 26.3 Å². The molecule has 0 fully saturated rings. The molecule has 0 N–H and O–H groups in total. The average Bonchev–Trinajstić information content (AvgIpc) is 2.71. The predicted molar refractivity (Wildman–Crippen MR) is 67.0 cm³/mol. The minimum absolute atomic E-state index is 0.119. The van der Waals surface area contributed by atoms with E-state index in [0.29, 0.717) is 19.3 Å². The molecule has 2 aromatic rings. The van der Waals surface area contributed by atoms with Crippen LogP contribution in [-0.4, -0.2) is 28.5 Å². The lowest BCUT2D eigenvalue weighted by Crippen LogP contribution is -2.16. The zero-order valence-corrected chi connectivity index (χ0v) is 11.0. The van der Waals surface area contributed by atoms with Crippen molar-refractivity contribution in [3.8, 4) is 0 Å². The van der Waals surface area contributed by atoms with Crippen molar-refractivity contribution < 1.29 is 26.3 Å². The summed E-state index contributed by atoms with van der Waals surface area (Å²) < 4.78 is 78.1.